The van der Waals surface area contributed by atoms with E-state index in [1.165, 1.54) is 0 Å². The summed E-state index contributed by atoms with van der Waals surface area (Å²) in [6, 6.07) is 7.31. The van der Waals surface area contributed by atoms with E-state index in [1.807, 2.05) is 6.07 Å². The molecule has 5 aliphatic rings. The Morgan fingerprint density at radius 2 is 1.79 bits per heavy atom. The number of imide groups is 2. The second-order valence-electron chi connectivity index (χ2n) is 17.6. The number of fused-ring (bicyclic) bond motifs is 3. The average molecular weight is 924 g/mol. The van der Waals surface area contributed by atoms with Gasteiger partial charge >= 0.3 is 6.03 Å². The first kappa shape index (κ1) is 45.5. The van der Waals surface area contributed by atoms with Crippen LogP contribution in [0.15, 0.2) is 42.7 Å². The number of nitrogens with one attached hydrogen (secondary N) is 4. The van der Waals surface area contributed by atoms with Crippen LogP contribution in [0.2, 0.25) is 0 Å². The molecule has 0 spiro atoms. The summed E-state index contributed by atoms with van der Waals surface area (Å²) in [6.07, 6.45) is 6.80. The van der Waals surface area contributed by atoms with Gasteiger partial charge in [0.2, 0.25) is 17.7 Å². The summed E-state index contributed by atoms with van der Waals surface area (Å²) in [4.78, 5) is 80.8. The molecule has 2 aromatic carbocycles. The zero-order valence-electron chi connectivity index (χ0n) is 37.5. The van der Waals surface area contributed by atoms with Crippen molar-refractivity contribution in [2.24, 2.45) is 0 Å². The number of piperidine rings is 1. The maximum absolute atomic E-state index is 15.0. The maximum Gasteiger partial charge on any atom is 0.317 e. The zero-order valence-corrected chi connectivity index (χ0v) is 37.5. The molecule has 7 amide bonds. The number of aromatic nitrogens is 4. The van der Waals surface area contributed by atoms with E-state index in [4.69, 9.17) is 9.84 Å². The highest BCUT2D eigenvalue weighted by Gasteiger charge is 2.45. The summed E-state index contributed by atoms with van der Waals surface area (Å²) in [6.45, 7) is 3.96. The fourth-order valence-electron chi connectivity index (χ4n) is 10.0. The SMILES string of the molecule is CNC(=O)N1CCc2c(c(N3CCCc4cc(-c5cnn(CCNC(=O)CCCCCNc6cccc7c6C(=O)N(C6CCC(=O)NC6=O)C7=O)c5)c(C(F)F)cc43)nn2C2CCOCC2)C1. The Morgan fingerprint density at radius 1 is 0.955 bits per heavy atom. The van der Waals surface area contributed by atoms with Gasteiger partial charge in [0.1, 0.15) is 6.04 Å². The van der Waals surface area contributed by atoms with Gasteiger partial charge in [-0.1, -0.05) is 12.5 Å². The Hall–Kier alpha value is -6.70. The van der Waals surface area contributed by atoms with Gasteiger partial charge in [-0.15, -0.1) is 0 Å². The van der Waals surface area contributed by atoms with Gasteiger partial charge in [0.25, 0.3) is 18.2 Å². The molecule has 0 saturated carbocycles. The van der Waals surface area contributed by atoms with E-state index >= 15 is 8.78 Å². The molecule has 20 heteroatoms. The van der Waals surface area contributed by atoms with E-state index in [0.29, 0.717) is 113 Å². The molecule has 18 nitrogen and oxygen atoms in total. The summed E-state index contributed by atoms with van der Waals surface area (Å²) >= 11 is 0. The Balaban J connectivity index is 0.782. The average Bonchev–Trinajstić information content (AvgIpc) is 4.03. The molecule has 0 bridgehead atoms. The van der Waals surface area contributed by atoms with E-state index < -0.39 is 36.1 Å². The first-order chi connectivity index (χ1) is 32.5. The van der Waals surface area contributed by atoms with Crippen LogP contribution in [0.4, 0.5) is 30.8 Å². The third-order valence-electron chi connectivity index (χ3n) is 13.4. The number of nitrogens with zero attached hydrogens (tertiary/aromatic N) is 7. The number of alkyl halides is 2. The molecule has 2 aromatic heterocycles. The lowest BCUT2D eigenvalue weighted by atomic mass is 9.92. The summed E-state index contributed by atoms with van der Waals surface area (Å²) in [5.41, 5.74) is 5.41. The fourth-order valence-corrected chi connectivity index (χ4v) is 10.0. The number of aryl methyl sites for hydroxylation is 1. The van der Waals surface area contributed by atoms with Crippen molar-refractivity contribution in [2.45, 2.75) is 102 Å². The number of carbonyl (C=O) groups excluding carboxylic acids is 6. The molecule has 1 unspecified atom stereocenters. The molecule has 4 aromatic rings. The van der Waals surface area contributed by atoms with E-state index in [1.54, 1.807) is 53.3 Å². The highest BCUT2D eigenvalue weighted by Crippen LogP contribution is 2.44. The molecule has 7 heterocycles. The number of rotatable bonds is 15. The van der Waals surface area contributed by atoms with Gasteiger partial charge in [0.05, 0.1) is 36.5 Å². The second-order valence-corrected chi connectivity index (χ2v) is 17.6. The molecular weight excluding hydrogens is 869 g/mol. The van der Waals surface area contributed by atoms with Crippen LogP contribution >= 0.6 is 0 Å². The second kappa shape index (κ2) is 19.6. The van der Waals surface area contributed by atoms with Crippen molar-refractivity contribution in [3.8, 4) is 11.1 Å². The van der Waals surface area contributed by atoms with Crippen molar-refractivity contribution in [3.05, 3.63) is 76.2 Å². The number of carbonyl (C=O) groups is 6. The Labute approximate surface area is 385 Å². The van der Waals surface area contributed by atoms with E-state index in [-0.39, 0.29) is 47.5 Å². The van der Waals surface area contributed by atoms with Gasteiger partial charge in [0.15, 0.2) is 5.82 Å². The Kier molecular flexibility index (Phi) is 13.3. The fraction of sp³-hybridized carbons (Fsp3) is 0.489. The smallest absolute Gasteiger partial charge is 0.317 e. The number of hydrogen-bond acceptors (Lipinski definition) is 11. The van der Waals surface area contributed by atoms with E-state index in [2.05, 4.69) is 35.9 Å². The van der Waals surface area contributed by atoms with Gasteiger partial charge in [0, 0.05) is 106 Å². The number of amides is 7. The highest BCUT2D eigenvalue weighted by atomic mass is 19.3. The van der Waals surface area contributed by atoms with Gasteiger partial charge in [-0.25, -0.2) is 13.6 Å². The van der Waals surface area contributed by atoms with Gasteiger partial charge in [-0.2, -0.15) is 10.2 Å². The standard InChI is InChI=1S/C47H55F2N11O7/c1-50-47(66)56-19-13-36-34(27-56)43(55-60(36)30-14-21-67-22-15-30)58-18-6-7-28-23-32(33(42(48)49)24-38(28)58)29-25-53-57(26-29)20-17-52-39(61)10-3-2-4-16-51-35-9-5-8-31-41(35)46(65)59(45(31)64)37-11-12-40(62)54-44(37)63/h5,8-9,23-26,30,37,42,51H,2-4,6-7,10-22,27H2,1H3,(H,50,66)(H,52,61)(H,54,62,63). The van der Waals surface area contributed by atoms with Crippen molar-refractivity contribution in [1.29, 1.82) is 0 Å². The minimum Gasteiger partial charge on any atom is -0.384 e. The molecule has 2 fully saturated rings. The maximum atomic E-state index is 15.0. The van der Waals surface area contributed by atoms with Gasteiger partial charge in [-0.05, 0) is 80.3 Å². The predicted octanol–water partition coefficient (Wildman–Crippen LogP) is 5.01. The molecule has 67 heavy (non-hydrogen) atoms. The molecular formula is C47H55F2N11O7. The molecule has 2 saturated heterocycles. The van der Waals surface area contributed by atoms with Crippen molar-refractivity contribution >= 4 is 52.8 Å². The lowest BCUT2D eigenvalue weighted by molar-refractivity contribution is -0.136. The van der Waals surface area contributed by atoms with Gasteiger partial charge in [-0.3, -0.25) is 43.6 Å². The number of benzene rings is 2. The lowest BCUT2D eigenvalue weighted by Crippen LogP contribution is -2.54. The van der Waals surface area contributed by atoms with Crippen LogP contribution in [0.25, 0.3) is 11.1 Å². The quantitative estimate of drug-likeness (QED) is 0.0922. The van der Waals surface area contributed by atoms with Crippen molar-refractivity contribution in [1.82, 2.24) is 45.3 Å². The van der Waals surface area contributed by atoms with Crippen LogP contribution in [-0.2, 0) is 45.1 Å². The van der Waals surface area contributed by atoms with E-state index in [9.17, 15) is 28.8 Å². The first-order valence-corrected chi connectivity index (χ1v) is 23.3. The van der Waals surface area contributed by atoms with Crippen LogP contribution < -0.4 is 26.2 Å². The number of hydrogen-bond donors (Lipinski definition) is 4. The molecule has 354 valence electrons. The third-order valence-corrected chi connectivity index (χ3v) is 13.4. The Bertz CT molecular complexity index is 2590. The molecule has 0 aliphatic carbocycles. The third kappa shape index (κ3) is 9.22. The number of unbranched alkanes of at least 4 members (excludes halogenated alkanes) is 2. The van der Waals surface area contributed by atoms with Crippen molar-refractivity contribution in [3.63, 3.8) is 0 Å². The van der Waals surface area contributed by atoms with E-state index in [0.717, 1.165) is 47.4 Å². The van der Waals surface area contributed by atoms with Crippen molar-refractivity contribution in [2.75, 3.05) is 56.7 Å². The molecule has 4 N–H and O–H groups in total. The lowest BCUT2D eigenvalue weighted by Gasteiger charge is -2.33. The van der Waals surface area contributed by atoms with Crippen LogP contribution in [-0.4, -0.2) is 117 Å². The number of ether oxygens (including phenoxy) is 1. The Morgan fingerprint density at radius 3 is 2.58 bits per heavy atom. The van der Waals surface area contributed by atoms with Gasteiger partial charge < -0.3 is 30.5 Å². The molecule has 9 rings (SSSR count). The van der Waals surface area contributed by atoms with Crippen LogP contribution in [0.1, 0.15) is 113 Å². The summed E-state index contributed by atoms with van der Waals surface area (Å²) < 4.78 is 39.4. The molecule has 0 radical (unpaired) electrons. The topological polar surface area (TPSA) is 205 Å². The highest BCUT2D eigenvalue weighted by molar-refractivity contribution is 6.25. The predicted molar refractivity (Wildman–Crippen MR) is 241 cm³/mol. The number of urea groups is 1. The normalized spacial score (nSPS) is 18.5. The number of anilines is 3. The summed E-state index contributed by atoms with van der Waals surface area (Å²) in [5.74, 6) is -1.66. The molecule has 1 atom stereocenters. The first-order valence-electron chi connectivity index (χ1n) is 23.3. The summed E-state index contributed by atoms with van der Waals surface area (Å²) in [5, 5.41) is 20.7. The minimum atomic E-state index is -2.76. The number of halogens is 2. The summed E-state index contributed by atoms with van der Waals surface area (Å²) in [7, 11) is 1.61. The minimum absolute atomic E-state index is 0.0419. The van der Waals surface area contributed by atoms with Crippen LogP contribution in [0.5, 0.6) is 0 Å². The largest absolute Gasteiger partial charge is 0.384 e. The monoisotopic (exact) mass is 923 g/mol. The zero-order chi connectivity index (χ0) is 46.8. The van der Waals surface area contributed by atoms with Crippen molar-refractivity contribution < 1.29 is 42.3 Å². The molecule has 5 aliphatic heterocycles. The van der Waals surface area contributed by atoms with Crippen LogP contribution in [0.3, 0.4) is 0 Å². The van der Waals surface area contributed by atoms with Crippen LogP contribution in [0, 0.1) is 0 Å².